The lowest BCUT2D eigenvalue weighted by Crippen LogP contribution is -2.11. The number of nitrogens with zero attached hydrogens (tertiary/aromatic N) is 2. The summed E-state index contributed by atoms with van der Waals surface area (Å²) in [5.74, 6) is 0.285. The van der Waals surface area contributed by atoms with Crippen LogP contribution in [0.2, 0.25) is 10.0 Å². The van der Waals surface area contributed by atoms with Crippen LogP contribution in [0.25, 0.3) is 15.9 Å². The second kappa shape index (κ2) is 8.45. The fourth-order valence-corrected chi connectivity index (χ4v) is 4.21. The summed E-state index contributed by atoms with van der Waals surface area (Å²) >= 11 is 13.3. The van der Waals surface area contributed by atoms with Crippen LogP contribution in [0.4, 0.5) is 0 Å². The Bertz CT molecular complexity index is 1170. The third-order valence-corrected chi connectivity index (χ3v) is 5.78. The maximum absolute atomic E-state index is 12.4. The lowest BCUT2D eigenvalue weighted by Gasteiger charge is -2.06. The number of thiophene rings is 1. The van der Waals surface area contributed by atoms with E-state index in [0.717, 1.165) is 21.6 Å². The van der Waals surface area contributed by atoms with Gasteiger partial charge in [-0.15, -0.1) is 11.3 Å². The molecule has 2 heterocycles. The Morgan fingerprint density at radius 1 is 1.07 bits per heavy atom. The lowest BCUT2D eigenvalue weighted by molar-refractivity contribution is 0.0456. The summed E-state index contributed by atoms with van der Waals surface area (Å²) in [7, 11) is 0. The van der Waals surface area contributed by atoms with Gasteiger partial charge < -0.3 is 9.47 Å². The fourth-order valence-electron chi connectivity index (χ4n) is 2.83. The summed E-state index contributed by atoms with van der Waals surface area (Å²) < 4.78 is 12.7. The smallest absolute Gasteiger partial charge is 0.348 e. The molecule has 4 rings (SSSR count). The Morgan fingerprint density at radius 2 is 1.86 bits per heavy atom. The molecule has 0 aliphatic carbocycles. The Morgan fingerprint density at radius 3 is 2.62 bits per heavy atom. The minimum atomic E-state index is -0.386. The van der Waals surface area contributed by atoms with Crippen LogP contribution in [0.15, 0.2) is 54.6 Å². The normalized spacial score (nSPS) is 11.0. The first kappa shape index (κ1) is 19.8. The number of hydrogen-bond acceptors (Lipinski definition) is 5. The molecule has 0 amide bonds. The monoisotopic (exact) mass is 446 g/mol. The highest BCUT2D eigenvalue weighted by atomic mass is 35.5. The van der Waals surface area contributed by atoms with Crippen molar-refractivity contribution in [3.63, 3.8) is 0 Å². The predicted molar refractivity (Wildman–Crippen MR) is 116 cm³/mol. The number of esters is 1. The average molecular weight is 447 g/mol. The van der Waals surface area contributed by atoms with Crippen LogP contribution < -0.4 is 4.74 Å². The van der Waals surface area contributed by atoms with Gasteiger partial charge in [-0.2, -0.15) is 5.10 Å². The number of fused-ring (bicyclic) bond motifs is 1. The van der Waals surface area contributed by atoms with Gasteiger partial charge >= 0.3 is 5.97 Å². The first-order valence-electron chi connectivity index (χ1n) is 8.82. The summed E-state index contributed by atoms with van der Waals surface area (Å²) in [5.41, 5.74) is 1.68. The van der Waals surface area contributed by atoms with E-state index in [9.17, 15) is 4.79 Å². The van der Waals surface area contributed by atoms with Crippen LogP contribution in [0.5, 0.6) is 5.75 Å². The van der Waals surface area contributed by atoms with E-state index in [1.165, 1.54) is 11.3 Å². The van der Waals surface area contributed by atoms with E-state index in [2.05, 4.69) is 5.10 Å². The Kier molecular flexibility index (Phi) is 5.76. The van der Waals surface area contributed by atoms with Crippen LogP contribution in [-0.4, -0.2) is 29.0 Å². The van der Waals surface area contributed by atoms with E-state index in [0.29, 0.717) is 20.7 Å². The van der Waals surface area contributed by atoms with Gasteiger partial charge in [-0.3, -0.25) is 0 Å². The fraction of sp³-hybridized carbons (Fsp3) is 0.143. The highest BCUT2D eigenvalue weighted by Gasteiger charge is 2.18. The zero-order valence-corrected chi connectivity index (χ0v) is 17.7. The highest BCUT2D eigenvalue weighted by molar-refractivity contribution is 7.20. The minimum Gasteiger partial charge on any atom is -0.490 e. The molecule has 0 saturated heterocycles. The molecule has 8 heteroatoms. The second-order valence-corrected chi connectivity index (χ2v) is 8.15. The molecular weight excluding hydrogens is 431 g/mol. The van der Waals surface area contributed by atoms with Crippen LogP contribution in [0, 0.1) is 6.92 Å². The molecule has 2 aromatic carbocycles. The van der Waals surface area contributed by atoms with Gasteiger partial charge in [-0.1, -0.05) is 29.3 Å². The third-order valence-electron chi connectivity index (χ3n) is 4.20. The number of carbonyl (C=O) groups is 1. The van der Waals surface area contributed by atoms with Crippen LogP contribution in [0.3, 0.4) is 0 Å². The minimum absolute atomic E-state index is 0.148. The van der Waals surface area contributed by atoms with Gasteiger partial charge in [-0.05, 0) is 55.5 Å². The van der Waals surface area contributed by atoms with Crippen molar-refractivity contribution in [2.75, 3.05) is 13.2 Å². The van der Waals surface area contributed by atoms with Gasteiger partial charge in [0.15, 0.2) is 0 Å². The number of halogens is 2. The highest BCUT2D eigenvalue weighted by Crippen LogP contribution is 2.31. The molecule has 148 valence electrons. The van der Waals surface area contributed by atoms with Gasteiger partial charge in [0.1, 0.15) is 28.7 Å². The molecule has 0 N–H and O–H groups in total. The van der Waals surface area contributed by atoms with E-state index in [4.69, 9.17) is 32.7 Å². The summed E-state index contributed by atoms with van der Waals surface area (Å²) in [6, 6.07) is 16.2. The molecule has 29 heavy (non-hydrogen) atoms. The van der Waals surface area contributed by atoms with E-state index in [1.54, 1.807) is 28.9 Å². The Hall–Kier alpha value is -2.54. The topological polar surface area (TPSA) is 53.4 Å². The average Bonchev–Trinajstić information content (AvgIpc) is 3.27. The molecule has 4 aromatic rings. The van der Waals surface area contributed by atoms with Crippen molar-refractivity contribution >= 4 is 50.7 Å². The van der Waals surface area contributed by atoms with Gasteiger partial charge in [0.05, 0.1) is 11.4 Å². The molecule has 0 fully saturated rings. The second-order valence-electron chi connectivity index (χ2n) is 6.24. The zero-order valence-electron chi connectivity index (χ0n) is 15.4. The molecule has 0 atom stereocenters. The third kappa shape index (κ3) is 4.40. The lowest BCUT2D eigenvalue weighted by atomic mass is 10.3. The van der Waals surface area contributed by atoms with Gasteiger partial charge in [0, 0.05) is 15.4 Å². The number of hydrogen-bond donors (Lipinski definition) is 0. The largest absolute Gasteiger partial charge is 0.490 e. The molecule has 0 radical (unpaired) electrons. The number of rotatable bonds is 6. The van der Waals surface area contributed by atoms with Crippen molar-refractivity contribution in [2.45, 2.75) is 6.92 Å². The van der Waals surface area contributed by atoms with Crippen LogP contribution >= 0.6 is 34.5 Å². The van der Waals surface area contributed by atoms with Crippen LogP contribution in [0.1, 0.15) is 15.4 Å². The Balaban J connectivity index is 1.44. The number of ether oxygens (including phenoxy) is 2. The quantitative estimate of drug-likeness (QED) is 0.271. The maximum atomic E-state index is 12.4. The summed E-state index contributed by atoms with van der Waals surface area (Å²) in [6.45, 7) is 2.31. The van der Waals surface area contributed by atoms with Crippen molar-refractivity contribution in [3.8, 4) is 11.4 Å². The van der Waals surface area contributed by atoms with E-state index >= 15 is 0 Å². The zero-order chi connectivity index (χ0) is 20.4. The number of aromatic nitrogens is 2. The van der Waals surface area contributed by atoms with Crippen molar-refractivity contribution in [3.05, 3.63) is 75.2 Å². The van der Waals surface area contributed by atoms with Crippen molar-refractivity contribution < 1.29 is 14.3 Å². The summed E-state index contributed by atoms with van der Waals surface area (Å²) in [4.78, 5) is 13.8. The van der Waals surface area contributed by atoms with Crippen LogP contribution in [-0.2, 0) is 4.74 Å². The van der Waals surface area contributed by atoms with Crippen molar-refractivity contribution in [1.29, 1.82) is 0 Å². The Labute approximate surface area is 181 Å². The molecule has 0 aliphatic rings. The number of carbonyl (C=O) groups excluding carboxylic acids is 1. The molecule has 0 saturated carbocycles. The molecular formula is C21H16Cl2N2O3S. The van der Waals surface area contributed by atoms with Gasteiger partial charge in [0.25, 0.3) is 0 Å². The van der Waals surface area contributed by atoms with Gasteiger partial charge in [0.2, 0.25) is 0 Å². The van der Waals surface area contributed by atoms with Crippen molar-refractivity contribution in [1.82, 2.24) is 9.78 Å². The molecule has 0 bridgehead atoms. The van der Waals surface area contributed by atoms with Crippen molar-refractivity contribution in [2.24, 2.45) is 0 Å². The molecule has 0 aliphatic heterocycles. The molecule has 5 nitrogen and oxygen atoms in total. The van der Waals surface area contributed by atoms with E-state index in [1.807, 2.05) is 37.3 Å². The molecule has 2 aromatic heterocycles. The predicted octanol–water partition coefficient (Wildman–Crippen LogP) is 5.94. The standard InChI is InChI=1S/C21H16Cl2N2O3S/c1-13-18-12-19(21(26)28-10-9-27-17-7-5-14(22)6-8-17)29-20(18)25(24-13)16-4-2-3-15(23)11-16/h2-8,11-12H,9-10H2,1H3. The SMILES string of the molecule is Cc1nn(-c2cccc(Cl)c2)c2sc(C(=O)OCCOc3ccc(Cl)cc3)cc12. The molecule has 0 unspecified atom stereocenters. The summed E-state index contributed by atoms with van der Waals surface area (Å²) in [6.07, 6.45) is 0. The van der Waals surface area contributed by atoms with Gasteiger partial charge in [-0.25, -0.2) is 9.48 Å². The van der Waals surface area contributed by atoms with E-state index < -0.39 is 0 Å². The number of benzene rings is 2. The first-order valence-corrected chi connectivity index (χ1v) is 10.4. The maximum Gasteiger partial charge on any atom is 0.348 e. The van der Waals surface area contributed by atoms with E-state index in [-0.39, 0.29) is 19.2 Å². The number of aryl methyl sites for hydroxylation is 1. The summed E-state index contributed by atoms with van der Waals surface area (Å²) in [5, 5.41) is 6.74. The first-order chi connectivity index (χ1) is 14.0. The molecule has 0 spiro atoms.